The number of carbonyl (C=O) groups is 1. The van der Waals surface area contributed by atoms with Crippen LogP contribution in [0.5, 0.6) is 5.75 Å². The molecule has 16 heavy (non-hydrogen) atoms. The zero-order valence-corrected chi connectivity index (χ0v) is 8.89. The summed E-state index contributed by atoms with van der Waals surface area (Å²) in [5, 5.41) is 0. The second-order valence-electron chi connectivity index (χ2n) is 3.41. The molecule has 0 bridgehead atoms. The molecule has 88 valence electrons. The number of rotatable bonds is 3. The van der Waals surface area contributed by atoms with Crippen LogP contribution < -0.4 is 4.74 Å². The molecule has 0 saturated heterocycles. The van der Waals surface area contributed by atoms with E-state index in [0.29, 0.717) is 5.56 Å². The lowest BCUT2D eigenvalue weighted by Crippen LogP contribution is -2.08. The number of carbonyl (C=O) groups excluding carboxylic acids is 1. The fourth-order valence-electron chi connectivity index (χ4n) is 1.37. The fraction of sp³-hybridized carbons (Fsp3) is 0.364. The lowest BCUT2D eigenvalue weighted by Gasteiger charge is -2.12. The highest BCUT2D eigenvalue weighted by Gasteiger charge is 2.34. The van der Waals surface area contributed by atoms with Crippen molar-refractivity contribution in [2.75, 3.05) is 7.11 Å². The van der Waals surface area contributed by atoms with Crippen molar-refractivity contribution in [2.24, 2.45) is 0 Å². The van der Waals surface area contributed by atoms with E-state index >= 15 is 0 Å². The van der Waals surface area contributed by atoms with Crippen molar-refractivity contribution in [3.05, 3.63) is 29.3 Å². The highest BCUT2D eigenvalue weighted by Crippen LogP contribution is 2.36. The molecule has 1 aromatic carbocycles. The summed E-state index contributed by atoms with van der Waals surface area (Å²) in [5.74, 6) is -0.368. The molecule has 0 aliphatic heterocycles. The van der Waals surface area contributed by atoms with Gasteiger partial charge >= 0.3 is 6.18 Å². The maximum absolute atomic E-state index is 12.5. The number of Topliss-reactive ketones (excluding diaryl/α,β-unsaturated/α-hetero) is 1. The normalized spacial score (nSPS) is 11.3. The van der Waals surface area contributed by atoms with E-state index in [4.69, 9.17) is 0 Å². The van der Waals surface area contributed by atoms with E-state index in [1.54, 1.807) is 0 Å². The van der Waals surface area contributed by atoms with Gasteiger partial charge in [0.15, 0.2) is 0 Å². The van der Waals surface area contributed by atoms with E-state index in [1.807, 2.05) is 0 Å². The van der Waals surface area contributed by atoms with Crippen LogP contribution in [0, 0.1) is 0 Å². The maximum atomic E-state index is 12.5. The van der Waals surface area contributed by atoms with Crippen molar-refractivity contribution in [3.63, 3.8) is 0 Å². The van der Waals surface area contributed by atoms with Crippen LogP contribution in [0.2, 0.25) is 0 Å². The predicted octanol–water partition coefficient (Wildman–Crippen LogP) is 2.85. The third kappa shape index (κ3) is 2.98. The molecule has 0 amide bonds. The Labute approximate surface area is 91.0 Å². The zero-order chi connectivity index (χ0) is 12.3. The molecule has 0 fully saturated rings. The van der Waals surface area contributed by atoms with Crippen LogP contribution in [0.4, 0.5) is 13.2 Å². The molecule has 0 aromatic heterocycles. The first-order valence-corrected chi connectivity index (χ1v) is 4.58. The lowest BCUT2D eigenvalue weighted by atomic mass is 10.1. The summed E-state index contributed by atoms with van der Waals surface area (Å²) in [4.78, 5) is 10.8. The van der Waals surface area contributed by atoms with Crippen LogP contribution in [0.3, 0.4) is 0 Å². The van der Waals surface area contributed by atoms with Gasteiger partial charge in [-0.1, -0.05) is 6.07 Å². The predicted molar refractivity (Wildman–Crippen MR) is 52.4 cm³/mol. The molecule has 0 aliphatic rings. The second-order valence-corrected chi connectivity index (χ2v) is 3.41. The van der Waals surface area contributed by atoms with Gasteiger partial charge in [-0.15, -0.1) is 0 Å². The molecule has 0 unspecified atom stereocenters. The van der Waals surface area contributed by atoms with E-state index < -0.39 is 11.7 Å². The Morgan fingerprint density at radius 3 is 2.44 bits per heavy atom. The van der Waals surface area contributed by atoms with Crippen molar-refractivity contribution in [1.29, 1.82) is 0 Å². The third-order valence-electron chi connectivity index (χ3n) is 2.02. The number of halogens is 3. The Kier molecular flexibility index (Phi) is 3.57. The molecule has 0 aliphatic carbocycles. The third-order valence-corrected chi connectivity index (χ3v) is 2.02. The van der Waals surface area contributed by atoms with E-state index in [9.17, 15) is 18.0 Å². The molecule has 0 N–H and O–H groups in total. The number of hydrogen-bond acceptors (Lipinski definition) is 2. The molecular formula is C11H11F3O2. The Morgan fingerprint density at radius 2 is 2.00 bits per heavy atom. The smallest absolute Gasteiger partial charge is 0.419 e. The van der Waals surface area contributed by atoms with Gasteiger partial charge in [0.1, 0.15) is 11.5 Å². The average Bonchev–Trinajstić information content (AvgIpc) is 2.14. The van der Waals surface area contributed by atoms with Crippen LogP contribution in [-0.2, 0) is 17.4 Å². The summed E-state index contributed by atoms with van der Waals surface area (Å²) in [7, 11) is 1.17. The minimum absolute atomic E-state index is 0.106. The van der Waals surface area contributed by atoms with Crippen molar-refractivity contribution >= 4 is 5.78 Å². The average molecular weight is 232 g/mol. The summed E-state index contributed by atoms with van der Waals surface area (Å²) in [6.45, 7) is 1.38. The first-order chi connectivity index (χ1) is 7.34. The summed E-state index contributed by atoms with van der Waals surface area (Å²) in [6.07, 6.45) is -4.34. The van der Waals surface area contributed by atoms with E-state index in [0.717, 1.165) is 6.07 Å². The Morgan fingerprint density at radius 1 is 1.38 bits per heavy atom. The van der Waals surface area contributed by atoms with Gasteiger partial charge < -0.3 is 4.74 Å². The van der Waals surface area contributed by atoms with Gasteiger partial charge in [0.2, 0.25) is 0 Å². The van der Waals surface area contributed by atoms with Gasteiger partial charge in [-0.2, -0.15) is 13.2 Å². The van der Waals surface area contributed by atoms with Gasteiger partial charge in [-0.05, 0) is 24.6 Å². The number of methoxy groups -OCH3 is 1. The largest absolute Gasteiger partial charge is 0.496 e. The second kappa shape index (κ2) is 4.55. The summed E-state index contributed by atoms with van der Waals surface area (Å²) < 4.78 is 42.1. The molecule has 5 heteroatoms. The van der Waals surface area contributed by atoms with E-state index in [-0.39, 0.29) is 18.0 Å². The van der Waals surface area contributed by atoms with Crippen molar-refractivity contribution in [2.45, 2.75) is 19.5 Å². The molecule has 0 spiro atoms. The molecule has 0 radical (unpaired) electrons. The number of alkyl halides is 3. The van der Waals surface area contributed by atoms with Crippen LogP contribution in [0.15, 0.2) is 18.2 Å². The summed E-state index contributed by atoms with van der Waals surface area (Å²) in [6, 6.07) is 3.45. The van der Waals surface area contributed by atoms with Crippen LogP contribution >= 0.6 is 0 Å². The quantitative estimate of drug-likeness (QED) is 0.801. The first kappa shape index (κ1) is 12.5. The molecule has 2 nitrogen and oxygen atoms in total. The number of hydrogen-bond donors (Lipinski definition) is 0. The zero-order valence-electron chi connectivity index (χ0n) is 8.89. The van der Waals surface area contributed by atoms with Crippen LogP contribution in [0.1, 0.15) is 18.1 Å². The molecule has 0 atom stereocenters. The van der Waals surface area contributed by atoms with Crippen molar-refractivity contribution < 1.29 is 22.7 Å². The monoisotopic (exact) mass is 232 g/mol. The van der Waals surface area contributed by atoms with Crippen LogP contribution in [-0.4, -0.2) is 12.9 Å². The maximum Gasteiger partial charge on any atom is 0.419 e. The minimum atomic E-state index is -4.44. The van der Waals surface area contributed by atoms with Gasteiger partial charge in [-0.25, -0.2) is 0 Å². The minimum Gasteiger partial charge on any atom is -0.496 e. The molecule has 0 saturated carbocycles. The van der Waals surface area contributed by atoms with E-state index in [2.05, 4.69) is 4.74 Å². The van der Waals surface area contributed by atoms with Crippen molar-refractivity contribution in [3.8, 4) is 5.75 Å². The Hall–Kier alpha value is -1.52. The van der Waals surface area contributed by atoms with Crippen LogP contribution in [0.25, 0.3) is 0 Å². The summed E-state index contributed by atoms with van der Waals surface area (Å²) in [5.41, 5.74) is -0.320. The SMILES string of the molecule is COc1cc(CC(C)=O)ccc1C(F)(F)F. The van der Waals surface area contributed by atoms with Gasteiger partial charge in [-0.3, -0.25) is 4.79 Å². The van der Waals surface area contributed by atoms with Gasteiger partial charge in [0.25, 0.3) is 0 Å². The van der Waals surface area contributed by atoms with Gasteiger partial charge in [0.05, 0.1) is 12.7 Å². The van der Waals surface area contributed by atoms with Crippen molar-refractivity contribution in [1.82, 2.24) is 0 Å². The Bertz CT molecular complexity index is 397. The summed E-state index contributed by atoms with van der Waals surface area (Å²) >= 11 is 0. The van der Waals surface area contributed by atoms with E-state index in [1.165, 1.54) is 26.2 Å². The number of ketones is 1. The number of ether oxygens (including phenoxy) is 1. The number of benzene rings is 1. The molecule has 1 rings (SSSR count). The topological polar surface area (TPSA) is 26.3 Å². The van der Waals surface area contributed by atoms with Gasteiger partial charge in [0, 0.05) is 6.42 Å². The first-order valence-electron chi connectivity index (χ1n) is 4.58. The standard InChI is InChI=1S/C11H11F3O2/c1-7(15)5-8-3-4-9(11(12,13)14)10(6-8)16-2/h3-4,6H,5H2,1-2H3. The molecule has 0 heterocycles. The Balaban J connectivity index is 3.12. The highest BCUT2D eigenvalue weighted by atomic mass is 19.4. The fourth-order valence-corrected chi connectivity index (χ4v) is 1.37. The molecule has 1 aromatic rings. The molecular weight excluding hydrogens is 221 g/mol. The highest BCUT2D eigenvalue weighted by molar-refractivity contribution is 5.78. The lowest BCUT2D eigenvalue weighted by molar-refractivity contribution is -0.138.